The number of benzene rings is 2. The predicted octanol–water partition coefficient (Wildman–Crippen LogP) is 5.24. The average molecular weight is 471 g/mol. The van der Waals surface area contributed by atoms with Crippen LogP contribution in [0.15, 0.2) is 41.6 Å². The van der Waals surface area contributed by atoms with E-state index in [9.17, 15) is 18.0 Å². The van der Waals surface area contributed by atoms with Crippen LogP contribution in [-0.2, 0) is 11.3 Å². The zero-order chi connectivity index (χ0) is 22.5. The molecule has 1 aromatic heterocycles. The van der Waals surface area contributed by atoms with E-state index in [0.717, 1.165) is 30.0 Å². The quantitative estimate of drug-likeness (QED) is 0.456. The van der Waals surface area contributed by atoms with E-state index in [-0.39, 0.29) is 16.5 Å². The molecule has 0 radical (unpaired) electrons. The molecule has 1 heterocycles. The Hall–Kier alpha value is -2.72. The first-order valence-corrected chi connectivity index (χ1v) is 10.6. The maximum absolute atomic E-state index is 13.7. The number of hydrogen-bond acceptors (Lipinski definition) is 5. The van der Waals surface area contributed by atoms with E-state index in [4.69, 9.17) is 16.3 Å². The molecular weight excluding hydrogens is 453 g/mol. The third-order valence-corrected chi connectivity index (χ3v) is 5.42. The highest BCUT2D eigenvalue weighted by molar-refractivity contribution is 7.99. The summed E-state index contributed by atoms with van der Waals surface area (Å²) in [4.78, 5) is 12.1. The van der Waals surface area contributed by atoms with Gasteiger partial charge >= 0.3 is 0 Å². The lowest BCUT2D eigenvalue weighted by Crippen LogP contribution is -2.16. The van der Waals surface area contributed by atoms with E-state index < -0.39 is 29.5 Å². The Morgan fingerprint density at radius 3 is 2.58 bits per heavy atom. The summed E-state index contributed by atoms with van der Waals surface area (Å²) < 4.78 is 47.4. The Morgan fingerprint density at radius 2 is 1.90 bits per heavy atom. The van der Waals surface area contributed by atoms with Gasteiger partial charge in [-0.15, -0.1) is 10.2 Å². The molecule has 0 aliphatic heterocycles. The van der Waals surface area contributed by atoms with Gasteiger partial charge in [-0.05, 0) is 44.2 Å². The van der Waals surface area contributed by atoms with Crippen molar-refractivity contribution in [2.24, 2.45) is 0 Å². The molecule has 1 unspecified atom stereocenters. The van der Waals surface area contributed by atoms with Gasteiger partial charge in [0.05, 0.1) is 16.5 Å². The average Bonchev–Trinajstić information content (AvgIpc) is 3.13. The fourth-order valence-corrected chi connectivity index (χ4v) is 3.75. The second-order valence-corrected chi connectivity index (χ2v) is 7.73. The third-order valence-electron chi connectivity index (χ3n) is 4.16. The van der Waals surface area contributed by atoms with Gasteiger partial charge in [0.1, 0.15) is 23.2 Å². The Bertz CT molecular complexity index is 1100. The van der Waals surface area contributed by atoms with Gasteiger partial charge in [0.2, 0.25) is 5.91 Å². The van der Waals surface area contributed by atoms with Crippen molar-refractivity contribution in [1.29, 1.82) is 0 Å². The third kappa shape index (κ3) is 5.71. The summed E-state index contributed by atoms with van der Waals surface area (Å²) in [5.74, 6) is -1.81. The zero-order valence-corrected chi connectivity index (χ0v) is 18.1. The molecule has 3 aromatic rings. The molecule has 1 atom stereocenters. The Morgan fingerprint density at radius 1 is 1.19 bits per heavy atom. The van der Waals surface area contributed by atoms with Crippen LogP contribution < -0.4 is 10.1 Å². The van der Waals surface area contributed by atoms with Crippen LogP contribution in [0.2, 0.25) is 5.02 Å². The number of amides is 1. The van der Waals surface area contributed by atoms with Gasteiger partial charge in [-0.2, -0.15) is 0 Å². The van der Waals surface area contributed by atoms with E-state index in [1.807, 2.05) is 6.92 Å². The highest BCUT2D eigenvalue weighted by Gasteiger charge is 2.20. The van der Waals surface area contributed by atoms with Gasteiger partial charge in [-0.25, -0.2) is 13.2 Å². The summed E-state index contributed by atoms with van der Waals surface area (Å²) in [6, 6.07) is 6.72. The molecule has 1 amide bonds. The minimum absolute atomic E-state index is 0.0615. The molecule has 31 heavy (non-hydrogen) atoms. The van der Waals surface area contributed by atoms with Crippen molar-refractivity contribution in [2.75, 3.05) is 11.1 Å². The highest BCUT2D eigenvalue weighted by atomic mass is 35.5. The molecule has 6 nitrogen and oxygen atoms in total. The first-order chi connectivity index (χ1) is 14.8. The van der Waals surface area contributed by atoms with Crippen LogP contribution in [0.1, 0.15) is 25.8 Å². The van der Waals surface area contributed by atoms with Gasteiger partial charge in [0.15, 0.2) is 17.1 Å². The summed E-state index contributed by atoms with van der Waals surface area (Å²) in [6.45, 7) is 4.13. The highest BCUT2D eigenvalue weighted by Crippen LogP contribution is 2.30. The van der Waals surface area contributed by atoms with Gasteiger partial charge in [0.25, 0.3) is 0 Å². The number of hydrogen-bond donors (Lipinski definition) is 1. The maximum atomic E-state index is 13.7. The molecule has 3 rings (SSSR count). The number of halogens is 4. The molecule has 164 valence electrons. The molecule has 0 saturated heterocycles. The van der Waals surface area contributed by atoms with Crippen molar-refractivity contribution in [3.8, 4) is 5.75 Å². The summed E-state index contributed by atoms with van der Waals surface area (Å²) >= 11 is 7.11. The molecule has 0 aliphatic carbocycles. The van der Waals surface area contributed by atoms with Gasteiger partial charge in [-0.1, -0.05) is 23.4 Å². The molecular formula is C20H18ClF3N4O2S. The van der Waals surface area contributed by atoms with E-state index in [1.54, 1.807) is 11.5 Å². The number of aromatic nitrogens is 3. The Labute approximate surface area is 185 Å². The van der Waals surface area contributed by atoms with Crippen LogP contribution in [-0.4, -0.2) is 26.4 Å². The van der Waals surface area contributed by atoms with Gasteiger partial charge < -0.3 is 14.6 Å². The molecule has 0 spiro atoms. The van der Waals surface area contributed by atoms with Crippen molar-refractivity contribution in [1.82, 2.24) is 14.8 Å². The lowest BCUT2D eigenvalue weighted by molar-refractivity contribution is -0.113. The summed E-state index contributed by atoms with van der Waals surface area (Å²) in [5.41, 5.74) is -0.108. The zero-order valence-electron chi connectivity index (χ0n) is 16.5. The minimum atomic E-state index is -0.859. The Kier molecular flexibility index (Phi) is 7.45. The largest absolute Gasteiger partial charge is 0.481 e. The lowest BCUT2D eigenvalue weighted by atomic mass is 10.3. The van der Waals surface area contributed by atoms with Crippen molar-refractivity contribution in [3.05, 3.63) is 64.7 Å². The lowest BCUT2D eigenvalue weighted by Gasteiger charge is -2.16. The number of anilines is 1. The molecule has 0 saturated carbocycles. The molecule has 2 aromatic carbocycles. The van der Waals surface area contributed by atoms with E-state index in [2.05, 4.69) is 15.5 Å². The van der Waals surface area contributed by atoms with Crippen molar-refractivity contribution in [2.45, 2.75) is 31.7 Å². The van der Waals surface area contributed by atoms with Crippen LogP contribution in [0.5, 0.6) is 5.75 Å². The normalized spacial score (nSPS) is 11.9. The molecule has 0 aliphatic rings. The predicted molar refractivity (Wildman–Crippen MR) is 112 cm³/mol. The minimum Gasteiger partial charge on any atom is -0.481 e. The summed E-state index contributed by atoms with van der Waals surface area (Å²) in [5, 5.41) is 11.2. The number of rotatable bonds is 8. The van der Waals surface area contributed by atoms with Crippen LogP contribution in [0.3, 0.4) is 0 Å². The monoisotopic (exact) mass is 470 g/mol. The standard InChI is InChI=1S/C20H18ClF3N4O2S/c1-3-28-19(11(2)30-17-7-5-12(22)8-14(17)21)26-27-20(28)31-10-18(29)25-16-6-4-13(23)9-15(16)24/h4-9,11H,3,10H2,1-2H3,(H,25,29). The van der Waals surface area contributed by atoms with Crippen LogP contribution >= 0.6 is 23.4 Å². The molecule has 11 heteroatoms. The SMILES string of the molecule is CCn1c(SCC(=O)Nc2ccc(F)cc2F)nnc1C(C)Oc1ccc(F)cc1Cl. The first kappa shape index (κ1) is 23.0. The fourth-order valence-electron chi connectivity index (χ4n) is 2.73. The molecule has 0 fully saturated rings. The number of carbonyl (C=O) groups is 1. The van der Waals surface area contributed by atoms with Gasteiger partial charge in [-0.3, -0.25) is 4.79 Å². The molecule has 1 N–H and O–H groups in total. The summed E-state index contributed by atoms with van der Waals surface area (Å²) in [6.07, 6.45) is -0.549. The van der Waals surface area contributed by atoms with E-state index in [1.165, 1.54) is 12.1 Å². The second-order valence-electron chi connectivity index (χ2n) is 6.38. The first-order valence-electron chi connectivity index (χ1n) is 9.21. The van der Waals surface area contributed by atoms with E-state index in [0.29, 0.717) is 29.3 Å². The van der Waals surface area contributed by atoms with E-state index >= 15 is 0 Å². The van der Waals surface area contributed by atoms with Gasteiger partial charge in [0, 0.05) is 12.6 Å². The van der Waals surface area contributed by atoms with Crippen LogP contribution in [0.4, 0.5) is 18.9 Å². The Balaban J connectivity index is 1.65. The number of carbonyl (C=O) groups excluding carboxylic acids is 1. The second kappa shape index (κ2) is 10.1. The summed E-state index contributed by atoms with van der Waals surface area (Å²) in [7, 11) is 0. The molecule has 0 bridgehead atoms. The van der Waals surface area contributed by atoms with Crippen LogP contribution in [0, 0.1) is 17.5 Å². The maximum Gasteiger partial charge on any atom is 0.234 e. The number of nitrogens with zero attached hydrogens (tertiary/aromatic N) is 3. The number of thioether (sulfide) groups is 1. The number of ether oxygens (including phenoxy) is 1. The number of nitrogens with one attached hydrogen (secondary N) is 1. The van der Waals surface area contributed by atoms with Crippen molar-refractivity contribution >= 4 is 35.0 Å². The smallest absolute Gasteiger partial charge is 0.234 e. The van der Waals surface area contributed by atoms with Crippen LogP contribution in [0.25, 0.3) is 0 Å². The topological polar surface area (TPSA) is 69.0 Å². The van der Waals surface area contributed by atoms with Crippen molar-refractivity contribution in [3.63, 3.8) is 0 Å². The fraction of sp³-hybridized carbons (Fsp3) is 0.250. The van der Waals surface area contributed by atoms with Crippen molar-refractivity contribution < 1.29 is 22.7 Å².